The number of hydrogen-bond acceptors (Lipinski definition) is 2. The van der Waals surface area contributed by atoms with Crippen LogP contribution < -0.4 is 4.84 Å². The van der Waals surface area contributed by atoms with E-state index in [4.69, 9.17) is 11.8 Å². The third-order valence-corrected chi connectivity index (χ3v) is 3.49. The number of benzene rings is 1. The van der Waals surface area contributed by atoms with E-state index >= 15 is 0 Å². The predicted molar refractivity (Wildman–Crippen MR) is 53.6 cm³/mol. The van der Waals surface area contributed by atoms with Gasteiger partial charge in [-0.05, 0) is 29.8 Å². The first kappa shape index (κ1) is 8.42. The Morgan fingerprint density at radius 3 is 3.08 bits per heavy atom. The van der Waals surface area contributed by atoms with Crippen molar-refractivity contribution in [2.75, 3.05) is 6.54 Å². The average molecular weight is 200 g/mol. The van der Waals surface area contributed by atoms with Crippen LogP contribution in [0, 0.1) is 0 Å². The molecule has 0 aliphatic carbocycles. The Bertz CT molecular complexity index is 252. The van der Waals surface area contributed by atoms with E-state index in [1.54, 1.807) is 0 Å². The van der Waals surface area contributed by atoms with Crippen molar-refractivity contribution in [3.8, 4) is 0 Å². The van der Waals surface area contributed by atoms with Crippen LogP contribution >= 0.6 is 23.5 Å². The molecular formula is C9H10ClNS. The summed E-state index contributed by atoms with van der Waals surface area (Å²) in [4.78, 5) is 4.11. The Hall–Kier alpha value is -0.180. The number of hydrogen-bond donors (Lipinski definition) is 1. The first-order valence-corrected chi connectivity index (χ1v) is 5.24. The van der Waals surface area contributed by atoms with E-state index in [1.165, 1.54) is 10.5 Å². The highest BCUT2D eigenvalue weighted by atomic mass is 35.5. The van der Waals surface area contributed by atoms with Gasteiger partial charge < -0.3 is 0 Å². The van der Waals surface area contributed by atoms with Gasteiger partial charge in [0, 0.05) is 16.7 Å². The fourth-order valence-electron chi connectivity index (χ4n) is 1.45. The highest BCUT2D eigenvalue weighted by Gasteiger charge is 2.20. The number of thioether (sulfide) groups is 1. The molecule has 0 bridgehead atoms. The summed E-state index contributed by atoms with van der Waals surface area (Å²) in [6.07, 6.45) is 1.14. The lowest BCUT2D eigenvalue weighted by Gasteiger charge is -2.03. The summed E-state index contributed by atoms with van der Waals surface area (Å²) >= 11 is 7.37. The van der Waals surface area contributed by atoms with Gasteiger partial charge in [-0.1, -0.05) is 18.2 Å². The topological polar surface area (TPSA) is 12.0 Å². The molecule has 1 heterocycles. The summed E-state index contributed by atoms with van der Waals surface area (Å²) in [5.74, 6) is 0. The summed E-state index contributed by atoms with van der Waals surface area (Å²) in [6.45, 7) is 0.876. The smallest absolute Gasteiger partial charge is 0.0273 e. The van der Waals surface area contributed by atoms with Crippen molar-refractivity contribution in [3.63, 3.8) is 0 Å². The molecule has 0 saturated heterocycles. The summed E-state index contributed by atoms with van der Waals surface area (Å²) in [5, 5.41) is 0.611. The van der Waals surface area contributed by atoms with E-state index in [1.807, 2.05) is 11.8 Å². The van der Waals surface area contributed by atoms with Gasteiger partial charge in [-0.25, -0.2) is 4.84 Å². The molecule has 0 fully saturated rings. The zero-order chi connectivity index (χ0) is 8.39. The van der Waals surface area contributed by atoms with Crippen LogP contribution in [0.25, 0.3) is 0 Å². The van der Waals surface area contributed by atoms with E-state index in [9.17, 15) is 0 Å². The molecule has 64 valence electrons. The molecule has 1 N–H and O–H groups in total. The standard InChI is InChI=1S/C9H10ClNS/c10-11-6-8-5-7-3-1-2-4-9(7)12-8/h1-4,8,11H,5-6H2. The van der Waals surface area contributed by atoms with Gasteiger partial charge in [-0.15, -0.1) is 11.8 Å². The minimum Gasteiger partial charge on any atom is -0.232 e. The fourth-order valence-corrected chi connectivity index (χ4v) is 2.98. The zero-order valence-electron chi connectivity index (χ0n) is 6.59. The Morgan fingerprint density at radius 1 is 1.50 bits per heavy atom. The fraction of sp³-hybridized carbons (Fsp3) is 0.333. The van der Waals surface area contributed by atoms with Gasteiger partial charge in [0.1, 0.15) is 0 Å². The molecule has 1 unspecified atom stereocenters. The van der Waals surface area contributed by atoms with Crippen LogP contribution in [0.4, 0.5) is 0 Å². The summed E-state index contributed by atoms with van der Waals surface area (Å²) < 4.78 is 0. The molecule has 1 atom stereocenters. The molecule has 1 aliphatic heterocycles. The van der Waals surface area contributed by atoms with Crippen LogP contribution in [0.15, 0.2) is 29.2 Å². The van der Waals surface area contributed by atoms with E-state index in [0.717, 1.165) is 13.0 Å². The Labute approximate surface area is 81.6 Å². The van der Waals surface area contributed by atoms with E-state index in [0.29, 0.717) is 5.25 Å². The van der Waals surface area contributed by atoms with Crippen LogP contribution in [0.2, 0.25) is 0 Å². The first-order chi connectivity index (χ1) is 5.90. The molecule has 0 amide bonds. The molecular weight excluding hydrogens is 190 g/mol. The molecule has 2 rings (SSSR count). The van der Waals surface area contributed by atoms with E-state index in [-0.39, 0.29) is 0 Å². The summed E-state index contributed by atoms with van der Waals surface area (Å²) in [5.41, 5.74) is 1.46. The van der Waals surface area contributed by atoms with Crippen LogP contribution in [0.5, 0.6) is 0 Å². The number of fused-ring (bicyclic) bond motifs is 1. The maximum Gasteiger partial charge on any atom is 0.0273 e. The molecule has 1 aromatic rings. The van der Waals surface area contributed by atoms with E-state index in [2.05, 4.69) is 29.1 Å². The third kappa shape index (κ3) is 1.60. The first-order valence-electron chi connectivity index (χ1n) is 3.98. The second-order valence-corrected chi connectivity index (χ2v) is 4.50. The lowest BCUT2D eigenvalue weighted by atomic mass is 10.1. The SMILES string of the molecule is ClNCC1Cc2ccccc2S1. The van der Waals surface area contributed by atoms with Crippen LogP contribution in [-0.2, 0) is 6.42 Å². The van der Waals surface area contributed by atoms with Crippen LogP contribution in [0.3, 0.4) is 0 Å². The third-order valence-electron chi connectivity index (χ3n) is 2.02. The van der Waals surface area contributed by atoms with Gasteiger partial charge in [-0.3, -0.25) is 0 Å². The van der Waals surface area contributed by atoms with Crippen molar-refractivity contribution in [2.45, 2.75) is 16.6 Å². The van der Waals surface area contributed by atoms with Gasteiger partial charge in [-0.2, -0.15) is 0 Å². The molecule has 12 heavy (non-hydrogen) atoms. The molecule has 0 aromatic heterocycles. The molecule has 0 radical (unpaired) electrons. The van der Waals surface area contributed by atoms with E-state index < -0.39 is 0 Å². The van der Waals surface area contributed by atoms with Gasteiger partial charge in [0.2, 0.25) is 0 Å². The van der Waals surface area contributed by atoms with Crippen molar-refractivity contribution in [1.82, 2.24) is 4.84 Å². The number of halogens is 1. The number of rotatable bonds is 2. The van der Waals surface area contributed by atoms with Crippen molar-refractivity contribution >= 4 is 23.5 Å². The lowest BCUT2D eigenvalue weighted by molar-refractivity contribution is 0.823. The van der Waals surface area contributed by atoms with Gasteiger partial charge in [0.05, 0.1) is 0 Å². The van der Waals surface area contributed by atoms with Crippen molar-refractivity contribution in [2.24, 2.45) is 0 Å². The highest BCUT2D eigenvalue weighted by molar-refractivity contribution is 8.00. The Balaban J connectivity index is 2.11. The van der Waals surface area contributed by atoms with Gasteiger partial charge in [0.25, 0.3) is 0 Å². The molecule has 0 saturated carbocycles. The highest BCUT2D eigenvalue weighted by Crippen LogP contribution is 2.36. The quantitative estimate of drug-likeness (QED) is 0.735. The average Bonchev–Trinajstić information content (AvgIpc) is 2.47. The normalized spacial score (nSPS) is 20.9. The molecule has 1 aliphatic rings. The summed E-state index contributed by atoms with van der Waals surface area (Å²) in [7, 11) is 0. The number of nitrogens with one attached hydrogen (secondary N) is 1. The van der Waals surface area contributed by atoms with Crippen LogP contribution in [-0.4, -0.2) is 11.8 Å². The van der Waals surface area contributed by atoms with Gasteiger partial charge in [0.15, 0.2) is 0 Å². The molecule has 1 nitrogen and oxygen atoms in total. The van der Waals surface area contributed by atoms with Crippen molar-refractivity contribution in [3.05, 3.63) is 29.8 Å². The van der Waals surface area contributed by atoms with Gasteiger partial charge >= 0.3 is 0 Å². The maximum atomic E-state index is 5.46. The van der Waals surface area contributed by atoms with Crippen molar-refractivity contribution in [1.29, 1.82) is 0 Å². The zero-order valence-corrected chi connectivity index (χ0v) is 8.16. The molecule has 1 aromatic carbocycles. The Kier molecular flexibility index (Phi) is 2.59. The summed E-state index contributed by atoms with van der Waals surface area (Å²) in [6, 6.07) is 8.54. The maximum absolute atomic E-state index is 5.46. The minimum absolute atomic E-state index is 0.611. The van der Waals surface area contributed by atoms with Crippen molar-refractivity contribution < 1.29 is 0 Å². The minimum atomic E-state index is 0.611. The molecule has 3 heteroatoms. The Morgan fingerprint density at radius 2 is 2.33 bits per heavy atom. The van der Waals surface area contributed by atoms with Crippen LogP contribution in [0.1, 0.15) is 5.56 Å². The second kappa shape index (κ2) is 3.69. The monoisotopic (exact) mass is 199 g/mol. The predicted octanol–water partition coefficient (Wildman–Crippen LogP) is 2.45. The second-order valence-electron chi connectivity index (χ2n) is 2.89. The largest absolute Gasteiger partial charge is 0.232 e. The lowest BCUT2D eigenvalue weighted by Crippen LogP contribution is -2.16. The molecule has 0 spiro atoms.